The van der Waals surface area contributed by atoms with Crippen LogP contribution in [0.5, 0.6) is 5.75 Å². The van der Waals surface area contributed by atoms with Gasteiger partial charge in [-0.3, -0.25) is 4.79 Å². The van der Waals surface area contributed by atoms with Gasteiger partial charge in [0.25, 0.3) is 5.91 Å². The van der Waals surface area contributed by atoms with Crippen LogP contribution in [0.25, 0.3) is 0 Å². The van der Waals surface area contributed by atoms with Crippen LogP contribution in [0.2, 0.25) is 0 Å². The summed E-state index contributed by atoms with van der Waals surface area (Å²) in [5, 5.41) is 0. The summed E-state index contributed by atoms with van der Waals surface area (Å²) in [5.74, 6) is 0.320. The lowest BCUT2D eigenvalue weighted by Crippen LogP contribution is -2.39. The van der Waals surface area contributed by atoms with Crippen molar-refractivity contribution in [2.24, 2.45) is 0 Å². The number of benzene rings is 2. The summed E-state index contributed by atoms with van der Waals surface area (Å²) in [5.41, 5.74) is 2.04. The number of ether oxygens (including phenoxy) is 1. The largest absolute Gasteiger partial charge is 0.484 e. The van der Waals surface area contributed by atoms with Crippen LogP contribution in [0.1, 0.15) is 25.8 Å². The lowest BCUT2D eigenvalue weighted by Gasteiger charge is -2.22. The van der Waals surface area contributed by atoms with E-state index in [1.54, 1.807) is 17.0 Å². The van der Waals surface area contributed by atoms with Crippen LogP contribution in [0.15, 0.2) is 51.8 Å². The number of rotatable bonds is 7. The average molecular weight is 467 g/mol. The van der Waals surface area contributed by atoms with Gasteiger partial charge >= 0.3 is 0 Å². The van der Waals surface area contributed by atoms with E-state index in [2.05, 4.69) is 20.7 Å². The summed E-state index contributed by atoms with van der Waals surface area (Å²) >= 11 is 3.46. The molecular weight excluding hydrogens is 444 g/mol. The van der Waals surface area contributed by atoms with Crippen LogP contribution in [-0.4, -0.2) is 33.5 Å². The minimum atomic E-state index is -3.51. The Balaban J connectivity index is 1.64. The van der Waals surface area contributed by atoms with Gasteiger partial charge in [0.15, 0.2) is 6.61 Å². The molecule has 1 N–H and O–H groups in total. The summed E-state index contributed by atoms with van der Waals surface area (Å²) in [7, 11) is -3.51. The van der Waals surface area contributed by atoms with Crippen LogP contribution in [0, 0.1) is 0 Å². The Labute approximate surface area is 174 Å². The minimum Gasteiger partial charge on any atom is -0.484 e. The molecule has 8 heteroatoms. The van der Waals surface area contributed by atoms with Gasteiger partial charge in [-0.1, -0.05) is 22.9 Å². The highest BCUT2D eigenvalue weighted by atomic mass is 79.9. The van der Waals surface area contributed by atoms with Crippen LogP contribution < -0.4 is 14.4 Å². The number of carbonyl (C=O) groups is 1. The van der Waals surface area contributed by atoms with Crippen molar-refractivity contribution in [3.05, 3.63) is 52.5 Å². The first kappa shape index (κ1) is 20.8. The van der Waals surface area contributed by atoms with Crippen molar-refractivity contribution in [1.29, 1.82) is 0 Å². The Hall–Kier alpha value is -1.90. The molecule has 3 rings (SSSR count). The molecule has 2 aromatic carbocycles. The third-order valence-corrected chi connectivity index (χ3v) is 6.53. The molecule has 2 aromatic rings. The van der Waals surface area contributed by atoms with Crippen molar-refractivity contribution < 1.29 is 17.9 Å². The molecule has 0 saturated carbocycles. The standard InChI is InChI=1S/C20H23BrN2O4S/c1-3-10-22-28(25,26)18-7-5-17(6-8-18)27-13-20(24)23-14(2)11-15-12-16(21)4-9-19(15)23/h4-9,12,14,22H,3,10-11,13H2,1-2H3/t14-/m1/s1. The normalized spacial score (nSPS) is 16.1. The number of sulfonamides is 1. The van der Waals surface area contributed by atoms with Crippen molar-refractivity contribution >= 4 is 37.5 Å². The van der Waals surface area contributed by atoms with Crippen LogP contribution >= 0.6 is 15.9 Å². The Morgan fingerprint density at radius 1 is 1.25 bits per heavy atom. The number of halogens is 1. The molecule has 1 atom stereocenters. The van der Waals surface area contributed by atoms with E-state index in [1.165, 1.54) is 12.1 Å². The Morgan fingerprint density at radius 2 is 1.96 bits per heavy atom. The molecule has 0 aliphatic carbocycles. The molecule has 0 aromatic heterocycles. The molecule has 1 heterocycles. The first-order valence-electron chi connectivity index (χ1n) is 9.15. The van der Waals surface area contributed by atoms with Gasteiger partial charge in [-0.25, -0.2) is 13.1 Å². The molecule has 6 nitrogen and oxygen atoms in total. The van der Waals surface area contributed by atoms with Gasteiger partial charge in [0.1, 0.15) is 5.75 Å². The SMILES string of the molecule is CCCNS(=O)(=O)c1ccc(OCC(=O)N2c3ccc(Br)cc3C[C@H]2C)cc1. The van der Waals surface area contributed by atoms with Crippen molar-refractivity contribution in [2.45, 2.75) is 37.6 Å². The predicted octanol–water partition coefficient (Wildman–Crippen LogP) is 3.49. The molecule has 0 fully saturated rings. The highest BCUT2D eigenvalue weighted by molar-refractivity contribution is 9.10. The minimum absolute atomic E-state index is 0.0672. The predicted molar refractivity (Wildman–Crippen MR) is 112 cm³/mol. The number of fused-ring (bicyclic) bond motifs is 1. The second-order valence-electron chi connectivity index (χ2n) is 6.75. The summed E-state index contributed by atoms with van der Waals surface area (Å²) in [6.45, 7) is 4.19. The van der Waals surface area contributed by atoms with Crippen LogP contribution in [0.4, 0.5) is 5.69 Å². The van der Waals surface area contributed by atoms with Crippen molar-refractivity contribution in [1.82, 2.24) is 4.72 Å². The molecule has 1 aliphatic heterocycles. The maximum Gasteiger partial charge on any atom is 0.265 e. The van der Waals surface area contributed by atoms with Gasteiger partial charge in [-0.15, -0.1) is 0 Å². The number of hydrogen-bond acceptors (Lipinski definition) is 4. The van der Waals surface area contributed by atoms with Gasteiger partial charge in [0.05, 0.1) is 4.90 Å². The van der Waals surface area contributed by atoms with Gasteiger partial charge in [-0.05, 0) is 67.8 Å². The molecule has 1 aliphatic rings. The van der Waals surface area contributed by atoms with E-state index in [1.807, 2.05) is 32.0 Å². The molecule has 0 saturated heterocycles. The number of hydrogen-bond donors (Lipinski definition) is 1. The lowest BCUT2D eigenvalue weighted by atomic mass is 10.1. The number of carbonyl (C=O) groups excluding carboxylic acids is 1. The second-order valence-corrected chi connectivity index (χ2v) is 9.43. The number of nitrogens with zero attached hydrogens (tertiary/aromatic N) is 1. The van der Waals surface area contributed by atoms with Crippen LogP contribution in [0.3, 0.4) is 0 Å². The third kappa shape index (κ3) is 4.56. The maximum atomic E-state index is 12.7. The smallest absolute Gasteiger partial charge is 0.265 e. The first-order valence-corrected chi connectivity index (χ1v) is 11.4. The van der Waals surface area contributed by atoms with Crippen molar-refractivity contribution in [2.75, 3.05) is 18.1 Å². The Kier molecular flexibility index (Phi) is 6.42. The highest BCUT2D eigenvalue weighted by Gasteiger charge is 2.31. The van der Waals surface area contributed by atoms with E-state index < -0.39 is 10.0 Å². The quantitative estimate of drug-likeness (QED) is 0.677. The molecule has 0 bridgehead atoms. The van der Waals surface area contributed by atoms with Gasteiger partial charge in [0, 0.05) is 22.7 Å². The van der Waals surface area contributed by atoms with E-state index >= 15 is 0 Å². The third-order valence-electron chi connectivity index (χ3n) is 4.56. The number of nitrogens with one attached hydrogen (secondary N) is 1. The van der Waals surface area contributed by atoms with E-state index in [4.69, 9.17) is 4.74 Å². The molecule has 0 spiro atoms. The van der Waals surface area contributed by atoms with E-state index in [9.17, 15) is 13.2 Å². The monoisotopic (exact) mass is 466 g/mol. The van der Waals surface area contributed by atoms with E-state index in [0.29, 0.717) is 12.3 Å². The molecular formula is C20H23BrN2O4S. The Bertz CT molecular complexity index is 961. The summed E-state index contributed by atoms with van der Waals surface area (Å²) < 4.78 is 33.3. The van der Waals surface area contributed by atoms with Gasteiger partial charge in [-0.2, -0.15) is 0 Å². The first-order chi connectivity index (χ1) is 13.3. The van der Waals surface area contributed by atoms with E-state index in [0.717, 1.165) is 28.6 Å². The highest BCUT2D eigenvalue weighted by Crippen LogP contribution is 2.34. The average Bonchev–Trinajstić information content (AvgIpc) is 2.99. The summed E-state index contributed by atoms with van der Waals surface area (Å²) in [6, 6.07) is 12.0. The molecule has 0 unspecified atom stereocenters. The number of amides is 1. The zero-order valence-corrected chi connectivity index (χ0v) is 18.2. The Morgan fingerprint density at radius 3 is 2.64 bits per heavy atom. The van der Waals surface area contributed by atoms with Gasteiger partial charge < -0.3 is 9.64 Å². The summed E-state index contributed by atoms with van der Waals surface area (Å²) in [6.07, 6.45) is 1.52. The topological polar surface area (TPSA) is 75.7 Å². The zero-order valence-electron chi connectivity index (χ0n) is 15.8. The van der Waals surface area contributed by atoms with Crippen LogP contribution in [-0.2, 0) is 21.2 Å². The molecule has 28 heavy (non-hydrogen) atoms. The fraction of sp³-hybridized carbons (Fsp3) is 0.350. The maximum absolute atomic E-state index is 12.7. The number of anilines is 1. The second kappa shape index (κ2) is 8.63. The fourth-order valence-corrected chi connectivity index (χ4v) is 4.77. The molecule has 150 valence electrons. The molecule has 0 radical (unpaired) electrons. The van der Waals surface area contributed by atoms with Gasteiger partial charge in [0.2, 0.25) is 10.0 Å². The van der Waals surface area contributed by atoms with E-state index in [-0.39, 0.29) is 23.5 Å². The summed E-state index contributed by atoms with van der Waals surface area (Å²) in [4.78, 5) is 14.6. The van der Waals surface area contributed by atoms with Crippen molar-refractivity contribution in [3.8, 4) is 5.75 Å². The molecule has 1 amide bonds. The zero-order chi connectivity index (χ0) is 20.3. The fourth-order valence-electron chi connectivity index (χ4n) is 3.23. The van der Waals surface area contributed by atoms with Crippen molar-refractivity contribution in [3.63, 3.8) is 0 Å². The lowest BCUT2D eigenvalue weighted by molar-refractivity contribution is -0.120.